The standard InChI is InChI=1S/C14H24N2O3S/c1-10-2-4-11(5-3-10)15-13(17)8-16-6-7-20-9-12(16)14(18)19/h10-12H,2-9H2,1H3,(H,15,17)(H,18,19). The number of amides is 1. The van der Waals surface area contributed by atoms with Crippen LogP contribution < -0.4 is 5.32 Å². The van der Waals surface area contributed by atoms with Crippen molar-refractivity contribution in [1.82, 2.24) is 10.2 Å². The van der Waals surface area contributed by atoms with Crippen molar-refractivity contribution in [1.29, 1.82) is 0 Å². The van der Waals surface area contributed by atoms with E-state index in [0.717, 1.165) is 24.5 Å². The zero-order valence-corrected chi connectivity index (χ0v) is 12.8. The maximum absolute atomic E-state index is 12.1. The second-order valence-corrected chi connectivity index (χ2v) is 7.07. The first-order valence-corrected chi connectivity index (χ1v) is 8.55. The first kappa shape index (κ1) is 15.6. The van der Waals surface area contributed by atoms with Gasteiger partial charge < -0.3 is 10.4 Å². The second kappa shape index (κ2) is 7.31. The Bertz CT molecular complexity index is 356. The van der Waals surface area contributed by atoms with Gasteiger partial charge in [0.1, 0.15) is 6.04 Å². The van der Waals surface area contributed by atoms with Gasteiger partial charge in [-0.2, -0.15) is 11.8 Å². The average molecular weight is 300 g/mol. The summed E-state index contributed by atoms with van der Waals surface area (Å²) in [5.41, 5.74) is 0. The molecule has 1 aliphatic carbocycles. The highest BCUT2D eigenvalue weighted by Crippen LogP contribution is 2.23. The van der Waals surface area contributed by atoms with Crippen LogP contribution in [0.2, 0.25) is 0 Å². The van der Waals surface area contributed by atoms with Crippen molar-refractivity contribution in [2.75, 3.05) is 24.6 Å². The molecule has 6 heteroatoms. The van der Waals surface area contributed by atoms with Gasteiger partial charge in [-0.15, -0.1) is 0 Å². The highest BCUT2D eigenvalue weighted by Gasteiger charge is 2.30. The molecular formula is C14H24N2O3S. The smallest absolute Gasteiger partial charge is 0.321 e. The molecule has 2 fully saturated rings. The number of aliphatic carboxylic acids is 1. The number of hydrogen-bond acceptors (Lipinski definition) is 4. The van der Waals surface area contributed by atoms with Crippen molar-refractivity contribution in [2.24, 2.45) is 5.92 Å². The fourth-order valence-electron chi connectivity index (χ4n) is 2.92. The van der Waals surface area contributed by atoms with Crippen molar-refractivity contribution in [2.45, 2.75) is 44.7 Å². The molecule has 0 aromatic heterocycles. The summed E-state index contributed by atoms with van der Waals surface area (Å²) in [4.78, 5) is 25.1. The molecule has 5 nitrogen and oxygen atoms in total. The molecule has 1 aliphatic heterocycles. The summed E-state index contributed by atoms with van der Waals surface area (Å²) >= 11 is 1.64. The van der Waals surface area contributed by atoms with Gasteiger partial charge in [0.2, 0.25) is 5.91 Å². The summed E-state index contributed by atoms with van der Waals surface area (Å²) in [5, 5.41) is 12.3. The summed E-state index contributed by atoms with van der Waals surface area (Å²) in [6.07, 6.45) is 4.43. The maximum Gasteiger partial charge on any atom is 0.321 e. The SMILES string of the molecule is CC1CCC(NC(=O)CN2CCSCC2C(=O)O)CC1. The third kappa shape index (κ3) is 4.38. The second-order valence-electron chi connectivity index (χ2n) is 5.92. The lowest BCUT2D eigenvalue weighted by atomic mass is 9.87. The van der Waals surface area contributed by atoms with Gasteiger partial charge in [-0.3, -0.25) is 14.5 Å². The van der Waals surface area contributed by atoms with Crippen molar-refractivity contribution in [3.05, 3.63) is 0 Å². The number of rotatable bonds is 4. The minimum Gasteiger partial charge on any atom is -0.480 e. The van der Waals surface area contributed by atoms with Crippen LogP contribution in [0.15, 0.2) is 0 Å². The number of carbonyl (C=O) groups is 2. The summed E-state index contributed by atoms with van der Waals surface area (Å²) in [7, 11) is 0. The van der Waals surface area contributed by atoms with Crippen LogP contribution in [0.1, 0.15) is 32.6 Å². The molecule has 0 aromatic carbocycles. The van der Waals surface area contributed by atoms with E-state index in [0.29, 0.717) is 12.3 Å². The van der Waals surface area contributed by atoms with Crippen LogP contribution in [0.3, 0.4) is 0 Å². The van der Waals surface area contributed by atoms with Crippen molar-refractivity contribution < 1.29 is 14.7 Å². The van der Waals surface area contributed by atoms with E-state index in [2.05, 4.69) is 12.2 Å². The van der Waals surface area contributed by atoms with Gasteiger partial charge in [-0.05, 0) is 31.6 Å². The van der Waals surface area contributed by atoms with Crippen LogP contribution in [-0.4, -0.2) is 58.6 Å². The molecule has 1 amide bonds. The molecule has 0 bridgehead atoms. The molecule has 0 radical (unpaired) electrons. The van der Waals surface area contributed by atoms with Crippen molar-refractivity contribution in [3.63, 3.8) is 0 Å². The van der Waals surface area contributed by atoms with E-state index in [1.165, 1.54) is 12.8 Å². The highest BCUT2D eigenvalue weighted by atomic mass is 32.2. The molecule has 2 rings (SSSR count). The van der Waals surface area contributed by atoms with E-state index in [9.17, 15) is 14.7 Å². The molecule has 1 unspecified atom stereocenters. The Labute approximate surface area is 124 Å². The molecule has 114 valence electrons. The van der Waals surface area contributed by atoms with E-state index in [4.69, 9.17) is 0 Å². The van der Waals surface area contributed by atoms with E-state index in [1.807, 2.05) is 0 Å². The van der Waals surface area contributed by atoms with Gasteiger partial charge in [-0.25, -0.2) is 0 Å². The lowest BCUT2D eigenvalue weighted by molar-refractivity contribution is -0.143. The third-order valence-electron chi connectivity index (χ3n) is 4.25. The van der Waals surface area contributed by atoms with Crippen LogP contribution in [0.4, 0.5) is 0 Å². The van der Waals surface area contributed by atoms with Gasteiger partial charge in [0.15, 0.2) is 0 Å². The monoisotopic (exact) mass is 300 g/mol. The number of nitrogens with one attached hydrogen (secondary N) is 1. The predicted molar refractivity (Wildman–Crippen MR) is 79.9 cm³/mol. The summed E-state index contributed by atoms with van der Waals surface area (Å²) in [6.45, 7) is 3.14. The van der Waals surface area contributed by atoms with E-state index in [1.54, 1.807) is 16.7 Å². The minimum absolute atomic E-state index is 0.0253. The van der Waals surface area contributed by atoms with Crippen LogP contribution >= 0.6 is 11.8 Å². The Morgan fingerprint density at radius 1 is 1.30 bits per heavy atom. The van der Waals surface area contributed by atoms with Crippen LogP contribution in [-0.2, 0) is 9.59 Å². The molecule has 20 heavy (non-hydrogen) atoms. The van der Waals surface area contributed by atoms with Gasteiger partial charge in [0.25, 0.3) is 0 Å². The Morgan fingerprint density at radius 3 is 2.65 bits per heavy atom. The van der Waals surface area contributed by atoms with E-state index < -0.39 is 12.0 Å². The largest absolute Gasteiger partial charge is 0.480 e. The van der Waals surface area contributed by atoms with Gasteiger partial charge in [0, 0.05) is 24.1 Å². The zero-order chi connectivity index (χ0) is 14.5. The first-order valence-electron chi connectivity index (χ1n) is 7.40. The summed E-state index contributed by atoms with van der Waals surface area (Å²) < 4.78 is 0. The Kier molecular flexibility index (Phi) is 5.72. The van der Waals surface area contributed by atoms with E-state index in [-0.39, 0.29) is 18.5 Å². The number of nitrogens with zero attached hydrogens (tertiary/aromatic N) is 1. The molecule has 1 heterocycles. The normalized spacial score (nSPS) is 31.8. The predicted octanol–water partition coefficient (Wildman–Crippen LogP) is 1.18. The summed E-state index contributed by atoms with van der Waals surface area (Å²) in [5.74, 6) is 1.39. The zero-order valence-electron chi connectivity index (χ0n) is 12.0. The molecular weight excluding hydrogens is 276 g/mol. The van der Waals surface area contributed by atoms with Crippen LogP contribution in [0.5, 0.6) is 0 Å². The van der Waals surface area contributed by atoms with Crippen LogP contribution in [0, 0.1) is 5.92 Å². The van der Waals surface area contributed by atoms with Gasteiger partial charge in [-0.1, -0.05) is 6.92 Å². The van der Waals surface area contributed by atoms with Crippen molar-refractivity contribution in [3.8, 4) is 0 Å². The fourth-order valence-corrected chi connectivity index (χ4v) is 4.02. The Hall–Kier alpha value is -0.750. The fraction of sp³-hybridized carbons (Fsp3) is 0.857. The molecule has 1 atom stereocenters. The number of carboxylic acid groups (broad SMARTS) is 1. The molecule has 2 N–H and O–H groups in total. The lowest BCUT2D eigenvalue weighted by Crippen LogP contribution is -2.52. The number of carboxylic acids is 1. The number of thioether (sulfide) groups is 1. The lowest BCUT2D eigenvalue weighted by Gasteiger charge is -2.33. The number of hydrogen-bond donors (Lipinski definition) is 2. The topological polar surface area (TPSA) is 69.6 Å². The molecule has 2 aliphatic rings. The Morgan fingerprint density at radius 2 is 2.00 bits per heavy atom. The molecule has 0 aromatic rings. The van der Waals surface area contributed by atoms with Gasteiger partial charge >= 0.3 is 5.97 Å². The van der Waals surface area contributed by atoms with Gasteiger partial charge in [0.05, 0.1) is 6.54 Å². The third-order valence-corrected chi connectivity index (χ3v) is 5.27. The highest BCUT2D eigenvalue weighted by molar-refractivity contribution is 7.99. The molecule has 0 spiro atoms. The quantitative estimate of drug-likeness (QED) is 0.816. The minimum atomic E-state index is -0.823. The van der Waals surface area contributed by atoms with E-state index >= 15 is 0 Å². The Balaban J connectivity index is 1.79. The number of carbonyl (C=O) groups excluding carboxylic acids is 1. The van der Waals surface area contributed by atoms with Crippen molar-refractivity contribution >= 4 is 23.6 Å². The maximum atomic E-state index is 12.1. The average Bonchev–Trinajstić information content (AvgIpc) is 2.41. The first-order chi connectivity index (χ1) is 9.56. The summed E-state index contributed by atoms with van der Waals surface area (Å²) in [6, 6.07) is -0.243. The van der Waals surface area contributed by atoms with Crippen LogP contribution in [0.25, 0.3) is 0 Å². The molecule has 1 saturated heterocycles. The molecule has 1 saturated carbocycles.